The number of amides is 1. The lowest BCUT2D eigenvalue weighted by molar-refractivity contribution is -0.124. The van der Waals surface area contributed by atoms with Gasteiger partial charge in [0, 0.05) is 25.3 Å². The Kier molecular flexibility index (Phi) is 11.1. The van der Waals surface area contributed by atoms with Crippen molar-refractivity contribution in [3.63, 3.8) is 0 Å². The third-order valence-corrected chi connectivity index (χ3v) is 4.73. The highest BCUT2D eigenvalue weighted by atomic mass is 32.2. The zero-order chi connectivity index (χ0) is 18.8. The van der Waals surface area contributed by atoms with Crippen LogP contribution in [0, 0.1) is 17.8 Å². The molecular weight excluding hydrogens is 330 g/mol. The van der Waals surface area contributed by atoms with Crippen LogP contribution in [0.3, 0.4) is 0 Å². The van der Waals surface area contributed by atoms with Gasteiger partial charge in [0.25, 0.3) is 10.1 Å². The zero-order valence-corrected chi connectivity index (χ0v) is 16.2. The molecule has 142 valence electrons. The third-order valence-electron chi connectivity index (χ3n) is 3.98. The van der Waals surface area contributed by atoms with Gasteiger partial charge in [0.1, 0.15) is 5.78 Å². The fourth-order valence-corrected chi connectivity index (χ4v) is 2.98. The summed E-state index contributed by atoms with van der Waals surface area (Å²) >= 11 is 0. The van der Waals surface area contributed by atoms with Gasteiger partial charge in [-0.25, -0.2) is 0 Å². The lowest BCUT2D eigenvalue weighted by Crippen LogP contribution is -2.26. The molecule has 0 aromatic carbocycles. The first-order valence-corrected chi connectivity index (χ1v) is 10.4. The van der Waals surface area contributed by atoms with Crippen LogP contribution in [0.1, 0.15) is 66.2 Å². The maximum Gasteiger partial charge on any atom is 0.264 e. The molecule has 7 heteroatoms. The molecule has 0 aromatic heterocycles. The van der Waals surface area contributed by atoms with Crippen LogP contribution in [0.15, 0.2) is 0 Å². The van der Waals surface area contributed by atoms with Gasteiger partial charge in [0.2, 0.25) is 5.91 Å². The highest BCUT2D eigenvalue weighted by molar-refractivity contribution is 7.85. The van der Waals surface area contributed by atoms with E-state index in [4.69, 9.17) is 4.55 Å². The lowest BCUT2D eigenvalue weighted by atomic mass is 9.90. The van der Waals surface area contributed by atoms with Crippen molar-refractivity contribution in [3.8, 4) is 0 Å². The van der Waals surface area contributed by atoms with Gasteiger partial charge in [-0.2, -0.15) is 8.42 Å². The van der Waals surface area contributed by atoms with Gasteiger partial charge >= 0.3 is 0 Å². The molecule has 0 fully saturated rings. The van der Waals surface area contributed by atoms with Gasteiger partial charge in [-0.3, -0.25) is 14.1 Å². The summed E-state index contributed by atoms with van der Waals surface area (Å²) in [6.07, 6.45) is 3.14. The van der Waals surface area contributed by atoms with Crippen LogP contribution < -0.4 is 5.32 Å². The molecule has 0 aromatic rings. The lowest BCUT2D eigenvalue weighted by Gasteiger charge is -2.16. The minimum atomic E-state index is -4.05. The molecule has 0 aliphatic carbocycles. The Balaban J connectivity index is 4.32. The number of Topliss-reactive ketones (excluding diaryl/α,β-unsaturated/α-hetero) is 1. The molecule has 0 saturated heterocycles. The van der Waals surface area contributed by atoms with Gasteiger partial charge in [0.05, 0.1) is 5.75 Å². The predicted molar refractivity (Wildman–Crippen MR) is 95.3 cm³/mol. The smallest absolute Gasteiger partial charge is 0.264 e. The molecular formula is C17H33NO5S. The Bertz CT molecular complexity index is 485. The van der Waals surface area contributed by atoms with Crippen LogP contribution in [0.4, 0.5) is 0 Å². The topological polar surface area (TPSA) is 101 Å². The standard InChI is InChI=1S/C17H33NO5S/c1-13(2)6-5-10-18-17(20)8-7-15(9-11-24(21,22)23)12-16(19)14(3)4/h13-15H,5-12H2,1-4H3,(H,18,20)(H,21,22,23). The van der Waals surface area contributed by atoms with Crippen molar-refractivity contribution in [1.82, 2.24) is 5.32 Å². The van der Waals surface area contributed by atoms with E-state index in [0.29, 0.717) is 18.9 Å². The molecule has 0 aliphatic heterocycles. The quantitative estimate of drug-likeness (QED) is 0.387. The number of rotatable bonds is 13. The van der Waals surface area contributed by atoms with Gasteiger partial charge in [-0.05, 0) is 37.5 Å². The van der Waals surface area contributed by atoms with Crippen LogP contribution in [-0.4, -0.2) is 37.0 Å². The summed E-state index contributed by atoms with van der Waals surface area (Å²) in [6, 6.07) is 0. The van der Waals surface area contributed by atoms with Gasteiger partial charge in [-0.15, -0.1) is 0 Å². The normalized spacial score (nSPS) is 13.3. The predicted octanol–water partition coefficient (Wildman–Crippen LogP) is 2.83. The number of carbonyl (C=O) groups excluding carboxylic acids is 2. The maximum atomic E-state index is 11.9. The molecule has 1 unspecified atom stereocenters. The minimum absolute atomic E-state index is 0.0488. The van der Waals surface area contributed by atoms with Crippen LogP contribution in [0.5, 0.6) is 0 Å². The highest BCUT2D eigenvalue weighted by Crippen LogP contribution is 2.19. The number of hydrogen-bond acceptors (Lipinski definition) is 4. The van der Waals surface area contributed by atoms with E-state index in [-0.39, 0.29) is 48.5 Å². The van der Waals surface area contributed by atoms with Crippen molar-refractivity contribution in [2.75, 3.05) is 12.3 Å². The van der Waals surface area contributed by atoms with Crippen molar-refractivity contribution >= 4 is 21.8 Å². The molecule has 0 rings (SSSR count). The molecule has 0 heterocycles. The Labute approximate surface area is 146 Å². The van der Waals surface area contributed by atoms with E-state index in [1.165, 1.54) is 0 Å². The summed E-state index contributed by atoms with van der Waals surface area (Å²) in [5.41, 5.74) is 0. The van der Waals surface area contributed by atoms with E-state index in [9.17, 15) is 18.0 Å². The summed E-state index contributed by atoms with van der Waals surface area (Å²) in [7, 11) is -4.05. The summed E-state index contributed by atoms with van der Waals surface area (Å²) < 4.78 is 30.7. The molecule has 6 nitrogen and oxygen atoms in total. The average molecular weight is 364 g/mol. The monoisotopic (exact) mass is 363 g/mol. The van der Waals surface area contributed by atoms with Crippen LogP contribution in [0.25, 0.3) is 0 Å². The highest BCUT2D eigenvalue weighted by Gasteiger charge is 2.19. The molecule has 1 amide bonds. The molecule has 0 spiro atoms. The second-order valence-corrected chi connectivity index (χ2v) is 8.76. The number of hydrogen-bond donors (Lipinski definition) is 2. The van der Waals surface area contributed by atoms with Crippen molar-refractivity contribution in [3.05, 3.63) is 0 Å². The number of carbonyl (C=O) groups is 2. The van der Waals surface area contributed by atoms with E-state index < -0.39 is 10.1 Å². The molecule has 1 atom stereocenters. The van der Waals surface area contributed by atoms with Crippen molar-refractivity contribution in [2.45, 2.75) is 66.2 Å². The average Bonchev–Trinajstić information content (AvgIpc) is 2.45. The molecule has 0 saturated carbocycles. The van der Waals surface area contributed by atoms with Crippen LogP contribution in [-0.2, 0) is 19.7 Å². The van der Waals surface area contributed by atoms with Crippen LogP contribution in [0.2, 0.25) is 0 Å². The maximum absolute atomic E-state index is 11.9. The van der Waals surface area contributed by atoms with Crippen molar-refractivity contribution < 1.29 is 22.6 Å². The first-order valence-electron chi connectivity index (χ1n) is 8.75. The molecule has 0 aliphatic rings. The van der Waals surface area contributed by atoms with Gasteiger partial charge in [0.15, 0.2) is 0 Å². The Hall–Kier alpha value is -0.950. The number of nitrogens with one attached hydrogen (secondary N) is 1. The number of ketones is 1. The van der Waals surface area contributed by atoms with E-state index in [2.05, 4.69) is 19.2 Å². The van der Waals surface area contributed by atoms with E-state index in [0.717, 1.165) is 12.8 Å². The SMILES string of the molecule is CC(C)CCCNC(=O)CCC(CCS(=O)(=O)O)CC(=O)C(C)C. The van der Waals surface area contributed by atoms with Crippen molar-refractivity contribution in [2.24, 2.45) is 17.8 Å². The second kappa shape index (κ2) is 11.6. The van der Waals surface area contributed by atoms with E-state index >= 15 is 0 Å². The van der Waals surface area contributed by atoms with Gasteiger partial charge < -0.3 is 5.32 Å². The largest absolute Gasteiger partial charge is 0.356 e. The minimum Gasteiger partial charge on any atom is -0.356 e. The fraction of sp³-hybridized carbons (Fsp3) is 0.882. The Morgan fingerprint density at radius 2 is 1.67 bits per heavy atom. The molecule has 24 heavy (non-hydrogen) atoms. The Morgan fingerprint density at radius 1 is 1.04 bits per heavy atom. The fourth-order valence-electron chi connectivity index (χ4n) is 2.35. The van der Waals surface area contributed by atoms with E-state index in [1.54, 1.807) is 13.8 Å². The van der Waals surface area contributed by atoms with Gasteiger partial charge in [-0.1, -0.05) is 27.7 Å². The van der Waals surface area contributed by atoms with E-state index in [1.807, 2.05) is 0 Å². The second-order valence-electron chi connectivity index (χ2n) is 7.19. The summed E-state index contributed by atoms with van der Waals surface area (Å²) in [5.74, 6) is -0.126. The van der Waals surface area contributed by atoms with Crippen LogP contribution >= 0.6 is 0 Å². The molecule has 0 bridgehead atoms. The zero-order valence-electron chi connectivity index (χ0n) is 15.4. The first kappa shape index (κ1) is 23.1. The summed E-state index contributed by atoms with van der Waals surface area (Å²) in [5, 5.41) is 2.85. The van der Waals surface area contributed by atoms with Crippen molar-refractivity contribution in [1.29, 1.82) is 0 Å². The summed E-state index contributed by atoms with van der Waals surface area (Å²) in [4.78, 5) is 23.7. The Morgan fingerprint density at radius 3 is 2.17 bits per heavy atom. The molecule has 0 radical (unpaired) electrons. The third kappa shape index (κ3) is 13.5. The first-order chi connectivity index (χ1) is 11.0. The summed E-state index contributed by atoms with van der Waals surface area (Å²) in [6.45, 7) is 8.49. The molecule has 2 N–H and O–H groups in total.